The largest absolute Gasteiger partial charge is 0.442 e. The van der Waals surface area contributed by atoms with Crippen molar-refractivity contribution in [2.45, 2.75) is 84.6 Å². The Morgan fingerprint density at radius 2 is 1.28 bits per heavy atom. The van der Waals surface area contributed by atoms with E-state index in [9.17, 15) is 18.4 Å². The Balaban J connectivity index is 2.02. The van der Waals surface area contributed by atoms with Gasteiger partial charge in [0.2, 0.25) is 0 Å². The van der Waals surface area contributed by atoms with Crippen LogP contribution in [0.3, 0.4) is 0 Å². The first-order chi connectivity index (χ1) is 16.6. The van der Waals surface area contributed by atoms with E-state index in [1.54, 1.807) is 53.7 Å². The smallest absolute Gasteiger partial charge is 0.429 e. The third kappa shape index (κ3) is 7.91. The van der Waals surface area contributed by atoms with Gasteiger partial charge in [-0.2, -0.15) is 0 Å². The molecule has 0 radical (unpaired) electrons. The molecule has 0 N–H and O–H groups in total. The number of ether oxygens (including phenoxy) is 2. The third-order valence-electron chi connectivity index (χ3n) is 5.23. The molecular weight excluding hydrogens is 534 g/mol. The summed E-state index contributed by atoms with van der Waals surface area (Å²) in [7, 11) is 0. The molecule has 1 aliphatic rings. The summed E-state index contributed by atoms with van der Waals surface area (Å²) in [5.74, 6) is -0.575. The minimum Gasteiger partial charge on any atom is -0.442 e. The molecule has 3 rings (SSSR count). The molecule has 1 aliphatic carbocycles. The summed E-state index contributed by atoms with van der Waals surface area (Å²) in [6, 6.07) is 9.01. The molecule has 0 saturated heterocycles. The van der Waals surface area contributed by atoms with Gasteiger partial charge in [-0.25, -0.2) is 28.4 Å². The Kier molecular flexibility index (Phi) is 8.33. The molecule has 1 saturated carbocycles. The van der Waals surface area contributed by atoms with Crippen LogP contribution in [0.2, 0.25) is 0 Å². The van der Waals surface area contributed by atoms with Crippen molar-refractivity contribution in [1.82, 2.24) is 10.0 Å². The highest BCUT2D eigenvalue weighted by Crippen LogP contribution is 2.41. The average molecular weight is 567 g/mol. The lowest BCUT2D eigenvalue weighted by molar-refractivity contribution is -0.0700. The minimum absolute atomic E-state index is 0.0590. The Bertz CT molecular complexity index is 1120. The highest BCUT2D eigenvalue weighted by atomic mass is 79.9. The van der Waals surface area contributed by atoms with Gasteiger partial charge in [-0.3, -0.25) is 0 Å². The van der Waals surface area contributed by atoms with Crippen LogP contribution in [-0.2, 0) is 22.6 Å². The van der Waals surface area contributed by atoms with Crippen LogP contribution in [0.5, 0.6) is 0 Å². The number of rotatable bonds is 5. The summed E-state index contributed by atoms with van der Waals surface area (Å²) in [5.41, 5.74) is 0.116. The van der Waals surface area contributed by atoms with Crippen molar-refractivity contribution in [2.24, 2.45) is 0 Å². The predicted octanol–water partition coefficient (Wildman–Crippen LogP) is 7.69. The zero-order valence-corrected chi connectivity index (χ0v) is 23.1. The Hall–Kier alpha value is -2.68. The molecule has 6 nitrogen and oxygen atoms in total. The van der Waals surface area contributed by atoms with Crippen molar-refractivity contribution in [2.75, 3.05) is 0 Å². The van der Waals surface area contributed by atoms with E-state index in [2.05, 4.69) is 15.9 Å². The lowest BCUT2D eigenvalue weighted by Crippen LogP contribution is -2.51. The first-order valence-electron chi connectivity index (χ1n) is 11.9. The molecule has 0 bridgehead atoms. The molecule has 9 heteroatoms. The standard InChI is InChI=1S/C27H33BrF2N2O4/c1-26(2,3)35-24(33)31(15-17-7-11-22(29)20(13-17)19-9-10-19)32(25(34)36-27(4,5)6)16-18-8-12-23(30)21(28)14-18/h7-8,11-14,19H,9-10,15-16H2,1-6H3. The minimum atomic E-state index is -0.840. The lowest BCUT2D eigenvalue weighted by atomic mass is 10.1. The summed E-state index contributed by atoms with van der Waals surface area (Å²) in [6.45, 7) is 10.2. The molecule has 0 spiro atoms. The van der Waals surface area contributed by atoms with E-state index in [-0.39, 0.29) is 29.3 Å². The lowest BCUT2D eigenvalue weighted by Gasteiger charge is -2.37. The summed E-state index contributed by atoms with van der Waals surface area (Å²) in [6.07, 6.45) is 0.282. The molecule has 0 aromatic heterocycles. The molecular formula is C27H33BrF2N2O4. The van der Waals surface area contributed by atoms with Gasteiger partial charge in [0.1, 0.15) is 22.8 Å². The maximum Gasteiger partial charge on any atom is 0.429 e. The summed E-state index contributed by atoms with van der Waals surface area (Å²) >= 11 is 3.17. The van der Waals surface area contributed by atoms with Crippen LogP contribution < -0.4 is 0 Å². The molecule has 2 amide bonds. The van der Waals surface area contributed by atoms with Crippen molar-refractivity contribution in [3.8, 4) is 0 Å². The van der Waals surface area contributed by atoms with E-state index in [1.165, 1.54) is 24.3 Å². The van der Waals surface area contributed by atoms with Gasteiger partial charge in [0.15, 0.2) is 0 Å². The Morgan fingerprint density at radius 3 is 1.69 bits per heavy atom. The molecule has 0 heterocycles. The second-order valence-electron chi connectivity index (χ2n) is 11.0. The van der Waals surface area contributed by atoms with E-state index in [0.717, 1.165) is 22.9 Å². The van der Waals surface area contributed by atoms with E-state index >= 15 is 0 Å². The van der Waals surface area contributed by atoms with Gasteiger partial charge in [-0.05, 0) is 111 Å². The normalized spacial score (nSPS) is 13.8. The van der Waals surface area contributed by atoms with Crippen LogP contribution in [0, 0.1) is 11.6 Å². The number of nitrogens with zero attached hydrogens (tertiary/aromatic N) is 2. The molecule has 0 atom stereocenters. The second kappa shape index (κ2) is 10.7. The maximum absolute atomic E-state index is 14.4. The molecule has 0 aliphatic heterocycles. The van der Waals surface area contributed by atoms with E-state index in [0.29, 0.717) is 16.7 Å². The maximum atomic E-state index is 14.4. The van der Waals surface area contributed by atoms with Crippen LogP contribution in [0.4, 0.5) is 18.4 Å². The number of carbonyl (C=O) groups excluding carboxylic acids is 2. The molecule has 196 valence electrons. The number of hydrazine groups is 1. The van der Waals surface area contributed by atoms with Gasteiger partial charge in [-0.15, -0.1) is 0 Å². The van der Waals surface area contributed by atoms with Crippen LogP contribution in [-0.4, -0.2) is 33.4 Å². The monoisotopic (exact) mass is 566 g/mol. The van der Waals surface area contributed by atoms with Gasteiger partial charge < -0.3 is 9.47 Å². The number of hydrogen-bond donors (Lipinski definition) is 0. The molecule has 0 unspecified atom stereocenters. The SMILES string of the molecule is CC(C)(C)OC(=O)N(Cc1ccc(F)c(Br)c1)N(Cc1ccc(F)c(C2CC2)c1)C(=O)OC(C)(C)C. The van der Waals surface area contributed by atoms with Crippen molar-refractivity contribution < 1.29 is 27.8 Å². The molecule has 2 aromatic carbocycles. The van der Waals surface area contributed by atoms with Crippen molar-refractivity contribution in [3.63, 3.8) is 0 Å². The molecule has 2 aromatic rings. The van der Waals surface area contributed by atoms with Crippen molar-refractivity contribution >= 4 is 28.1 Å². The van der Waals surface area contributed by atoms with Crippen LogP contribution in [0.1, 0.15) is 77.0 Å². The first kappa shape index (κ1) is 27.9. The van der Waals surface area contributed by atoms with Crippen molar-refractivity contribution in [1.29, 1.82) is 0 Å². The quantitative estimate of drug-likeness (QED) is 0.348. The van der Waals surface area contributed by atoms with Crippen molar-refractivity contribution in [3.05, 3.63) is 69.2 Å². The van der Waals surface area contributed by atoms with Gasteiger partial charge in [-0.1, -0.05) is 18.2 Å². The summed E-state index contributed by atoms with van der Waals surface area (Å²) in [4.78, 5) is 26.8. The Labute approximate surface area is 219 Å². The second-order valence-corrected chi connectivity index (χ2v) is 11.8. The summed E-state index contributed by atoms with van der Waals surface area (Å²) in [5, 5.41) is 2.29. The number of hydrogen-bond acceptors (Lipinski definition) is 4. The number of halogens is 3. The topological polar surface area (TPSA) is 59.1 Å². The fraction of sp³-hybridized carbons (Fsp3) is 0.481. The van der Waals surface area contributed by atoms with Crippen LogP contribution >= 0.6 is 15.9 Å². The number of carbonyl (C=O) groups is 2. The fourth-order valence-corrected chi connectivity index (χ4v) is 3.93. The third-order valence-corrected chi connectivity index (χ3v) is 5.83. The van der Waals surface area contributed by atoms with Crippen LogP contribution in [0.25, 0.3) is 0 Å². The fourth-order valence-electron chi connectivity index (χ4n) is 3.51. The van der Waals surface area contributed by atoms with Gasteiger partial charge in [0.05, 0.1) is 17.6 Å². The first-order valence-corrected chi connectivity index (χ1v) is 12.7. The molecule has 1 fully saturated rings. The number of benzene rings is 2. The average Bonchev–Trinajstić information content (AvgIpc) is 3.57. The van der Waals surface area contributed by atoms with Gasteiger partial charge in [0, 0.05) is 0 Å². The van der Waals surface area contributed by atoms with Gasteiger partial charge >= 0.3 is 12.2 Å². The highest BCUT2D eigenvalue weighted by Gasteiger charge is 2.34. The van der Waals surface area contributed by atoms with Gasteiger partial charge in [0.25, 0.3) is 0 Å². The van der Waals surface area contributed by atoms with Crippen LogP contribution in [0.15, 0.2) is 40.9 Å². The predicted molar refractivity (Wildman–Crippen MR) is 136 cm³/mol. The Morgan fingerprint density at radius 1 is 0.833 bits per heavy atom. The molecule has 36 heavy (non-hydrogen) atoms. The van der Waals surface area contributed by atoms with E-state index in [1.807, 2.05) is 0 Å². The highest BCUT2D eigenvalue weighted by molar-refractivity contribution is 9.10. The number of amides is 2. The summed E-state index contributed by atoms with van der Waals surface area (Å²) < 4.78 is 39.7. The zero-order valence-electron chi connectivity index (χ0n) is 21.5. The van der Waals surface area contributed by atoms with E-state index in [4.69, 9.17) is 9.47 Å². The zero-order chi connectivity index (χ0) is 26.8. The van der Waals surface area contributed by atoms with E-state index < -0.39 is 29.2 Å².